The molecule has 3 aromatic rings. The summed E-state index contributed by atoms with van der Waals surface area (Å²) < 4.78 is 0. The smallest absolute Gasteiger partial charge is 0.272 e. The van der Waals surface area contributed by atoms with Gasteiger partial charge in [-0.2, -0.15) is 5.10 Å². The third-order valence-corrected chi connectivity index (χ3v) is 4.06. The van der Waals surface area contributed by atoms with Gasteiger partial charge < -0.3 is 5.32 Å². The van der Waals surface area contributed by atoms with Crippen LogP contribution in [0, 0.1) is 6.92 Å². The first-order valence-electron chi connectivity index (χ1n) is 6.71. The fourth-order valence-electron chi connectivity index (χ4n) is 2.27. The zero-order chi connectivity index (χ0) is 15.7. The van der Waals surface area contributed by atoms with Crippen molar-refractivity contribution in [2.24, 2.45) is 0 Å². The van der Waals surface area contributed by atoms with E-state index in [0.717, 1.165) is 16.8 Å². The summed E-state index contributed by atoms with van der Waals surface area (Å²) in [6.45, 7) is 2.67. The number of H-pyrrole nitrogens is 1. The number of aromatic amines is 1. The lowest BCUT2D eigenvalue weighted by molar-refractivity contribution is 1.01. The lowest BCUT2D eigenvalue weighted by Crippen LogP contribution is -2.09. The second kappa shape index (κ2) is 5.99. The van der Waals surface area contributed by atoms with E-state index in [0.29, 0.717) is 22.3 Å². The third-order valence-electron chi connectivity index (χ3n) is 3.54. The van der Waals surface area contributed by atoms with E-state index < -0.39 is 0 Å². The highest BCUT2D eigenvalue weighted by Crippen LogP contribution is 2.23. The molecule has 0 amide bonds. The first kappa shape index (κ1) is 14.9. The lowest BCUT2D eigenvalue weighted by Gasteiger charge is -2.10. The van der Waals surface area contributed by atoms with Crippen molar-refractivity contribution in [3.05, 3.63) is 68.1 Å². The highest BCUT2D eigenvalue weighted by Gasteiger charge is 2.06. The molecule has 0 spiro atoms. The Morgan fingerprint density at radius 3 is 2.77 bits per heavy atom. The molecule has 0 bridgehead atoms. The highest BCUT2D eigenvalue weighted by molar-refractivity contribution is 6.34. The van der Waals surface area contributed by atoms with Crippen molar-refractivity contribution in [1.82, 2.24) is 10.2 Å². The van der Waals surface area contributed by atoms with Gasteiger partial charge >= 0.3 is 0 Å². The van der Waals surface area contributed by atoms with Crippen LogP contribution in [0.4, 0.5) is 5.69 Å². The van der Waals surface area contributed by atoms with Crippen LogP contribution in [-0.4, -0.2) is 10.2 Å². The Morgan fingerprint density at radius 1 is 1.14 bits per heavy atom. The predicted molar refractivity (Wildman–Crippen MR) is 90.9 cm³/mol. The van der Waals surface area contributed by atoms with Crippen LogP contribution in [0.5, 0.6) is 0 Å². The zero-order valence-corrected chi connectivity index (χ0v) is 13.3. The van der Waals surface area contributed by atoms with Crippen LogP contribution < -0.4 is 10.9 Å². The molecule has 0 aliphatic rings. The molecule has 0 unspecified atom stereocenters. The molecule has 0 saturated carbocycles. The summed E-state index contributed by atoms with van der Waals surface area (Å²) in [4.78, 5) is 11.7. The molecule has 0 aliphatic heterocycles. The van der Waals surface area contributed by atoms with Crippen LogP contribution in [0.2, 0.25) is 10.2 Å². The molecule has 0 saturated heterocycles. The Morgan fingerprint density at radius 2 is 1.95 bits per heavy atom. The van der Waals surface area contributed by atoms with E-state index in [-0.39, 0.29) is 10.7 Å². The molecule has 22 heavy (non-hydrogen) atoms. The molecular formula is C16H13Cl2N3O. The number of anilines is 1. The van der Waals surface area contributed by atoms with Gasteiger partial charge in [0, 0.05) is 22.6 Å². The number of hydrogen-bond acceptors (Lipinski definition) is 3. The fraction of sp³-hybridized carbons (Fsp3) is 0.125. The van der Waals surface area contributed by atoms with Crippen LogP contribution in [0.15, 0.2) is 41.2 Å². The number of rotatable bonds is 3. The van der Waals surface area contributed by atoms with Crippen LogP contribution in [0.25, 0.3) is 10.8 Å². The Kier molecular flexibility index (Phi) is 4.05. The first-order valence-corrected chi connectivity index (χ1v) is 7.47. The van der Waals surface area contributed by atoms with Crippen LogP contribution in [0.1, 0.15) is 11.1 Å². The molecule has 3 rings (SSSR count). The molecule has 2 N–H and O–H groups in total. The summed E-state index contributed by atoms with van der Waals surface area (Å²) in [6, 6.07) is 11.2. The largest absolute Gasteiger partial charge is 0.381 e. The summed E-state index contributed by atoms with van der Waals surface area (Å²) in [7, 11) is 0. The summed E-state index contributed by atoms with van der Waals surface area (Å²) in [5, 5.41) is 11.6. The van der Waals surface area contributed by atoms with E-state index in [1.165, 1.54) is 0 Å². The average molecular weight is 334 g/mol. The van der Waals surface area contributed by atoms with Crippen LogP contribution in [0.3, 0.4) is 0 Å². The number of hydrogen-bond donors (Lipinski definition) is 2. The minimum Gasteiger partial charge on any atom is -0.381 e. The first-order chi connectivity index (χ1) is 10.5. The van der Waals surface area contributed by atoms with E-state index >= 15 is 0 Å². The van der Waals surface area contributed by atoms with Gasteiger partial charge in [0.2, 0.25) is 0 Å². The van der Waals surface area contributed by atoms with Crippen molar-refractivity contribution in [2.75, 3.05) is 5.32 Å². The lowest BCUT2D eigenvalue weighted by atomic mass is 10.1. The topological polar surface area (TPSA) is 57.8 Å². The van der Waals surface area contributed by atoms with E-state index in [2.05, 4.69) is 15.5 Å². The summed E-state index contributed by atoms with van der Waals surface area (Å²) >= 11 is 12.1. The SMILES string of the molecule is Cc1ccc(Cl)cc1CNc1ccc2c(=O)[nH]nc(Cl)c2c1. The minimum atomic E-state index is -0.253. The number of fused-ring (bicyclic) bond motifs is 1. The summed E-state index contributed by atoms with van der Waals surface area (Å²) in [5.74, 6) is 0. The second-order valence-electron chi connectivity index (χ2n) is 5.03. The van der Waals surface area contributed by atoms with Gasteiger partial charge in [0.05, 0.1) is 5.39 Å². The number of nitrogens with one attached hydrogen (secondary N) is 2. The third kappa shape index (κ3) is 2.93. The van der Waals surface area contributed by atoms with Crippen molar-refractivity contribution < 1.29 is 0 Å². The van der Waals surface area contributed by atoms with Crippen molar-refractivity contribution in [3.8, 4) is 0 Å². The van der Waals surface area contributed by atoms with E-state index in [9.17, 15) is 4.79 Å². The molecule has 0 atom stereocenters. The molecule has 1 aromatic heterocycles. The van der Waals surface area contributed by atoms with Crippen molar-refractivity contribution in [2.45, 2.75) is 13.5 Å². The van der Waals surface area contributed by atoms with E-state index in [4.69, 9.17) is 23.2 Å². The summed E-state index contributed by atoms with van der Waals surface area (Å²) in [5.41, 5.74) is 2.88. The fourth-order valence-corrected chi connectivity index (χ4v) is 2.66. The second-order valence-corrected chi connectivity index (χ2v) is 5.82. The Labute approximate surface area is 137 Å². The van der Waals surface area contributed by atoms with Crippen molar-refractivity contribution >= 4 is 39.7 Å². The average Bonchev–Trinajstić information content (AvgIpc) is 2.52. The van der Waals surface area contributed by atoms with Crippen molar-refractivity contribution in [1.29, 1.82) is 0 Å². The highest BCUT2D eigenvalue weighted by atomic mass is 35.5. The predicted octanol–water partition coefficient (Wildman–Crippen LogP) is 4.15. The van der Waals surface area contributed by atoms with Crippen LogP contribution in [-0.2, 0) is 6.54 Å². The molecule has 2 aromatic carbocycles. The molecule has 0 radical (unpaired) electrons. The monoisotopic (exact) mass is 333 g/mol. The van der Waals surface area contributed by atoms with E-state index in [1.54, 1.807) is 6.07 Å². The maximum Gasteiger partial charge on any atom is 0.272 e. The number of aryl methyl sites for hydroxylation is 1. The quantitative estimate of drug-likeness (QED) is 0.756. The van der Waals surface area contributed by atoms with Gasteiger partial charge in [0.25, 0.3) is 5.56 Å². The maximum absolute atomic E-state index is 11.7. The Bertz CT molecular complexity index is 906. The number of nitrogens with zero attached hydrogens (tertiary/aromatic N) is 1. The van der Waals surface area contributed by atoms with Crippen LogP contribution >= 0.6 is 23.2 Å². The minimum absolute atomic E-state index is 0.253. The van der Waals surface area contributed by atoms with Gasteiger partial charge in [0.15, 0.2) is 5.15 Å². The zero-order valence-electron chi connectivity index (χ0n) is 11.8. The Balaban J connectivity index is 1.90. The normalized spacial score (nSPS) is 10.9. The molecule has 112 valence electrons. The number of aromatic nitrogens is 2. The van der Waals surface area contributed by atoms with Gasteiger partial charge in [-0.3, -0.25) is 4.79 Å². The standard InChI is InChI=1S/C16H13Cl2N3O/c1-9-2-3-11(17)6-10(9)8-19-12-4-5-13-14(7-12)15(18)20-21-16(13)22/h2-7,19H,8H2,1H3,(H,21,22). The van der Waals surface area contributed by atoms with Gasteiger partial charge in [0.1, 0.15) is 0 Å². The molecule has 1 heterocycles. The number of halogens is 2. The van der Waals surface area contributed by atoms with Gasteiger partial charge in [-0.1, -0.05) is 29.3 Å². The molecule has 0 fully saturated rings. The van der Waals surface area contributed by atoms with Gasteiger partial charge in [-0.05, 0) is 48.4 Å². The Hall–Kier alpha value is -2.04. The molecular weight excluding hydrogens is 321 g/mol. The van der Waals surface area contributed by atoms with Gasteiger partial charge in [-0.15, -0.1) is 0 Å². The van der Waals surface area contributed by atoms with E-state index in [1.807, 2.05) is 37.3 Å². The molecule has 0 aliphatic carbocycles. The number of benzene rings is 2. The molecule has 6 heteroatoms. The van der Waals surface area contributed by atoms with Crippen molar-refractivity contribution in [3.63, 3.8) is 0 Å². The van der Waals surface area contributed by atoms with Gasteiger partial charge in [-0.25, -0.2) is 5.10 Å². The summed E-state index contributed by atoms with van der Waals surface area (Å²) in [6.07, 6.45) is 0. The maximum atomic E-state index is 11.7. The molecule has 4 nitrogen and oxygen atoms in total.